The van der Waals surface area contributed by atoms with Crippen LogP contribution in [-0.2, 0) is 4.79 Å². The van der Waals surface area contributed by atoms with E-state index in [0.29, 0.717) is 29.3 Å². The Morgan fingerprint density at radius 1 is 1.08 bits per heavy atom. The SMILES string of the molecule is CC(C)CC(=O)Nc1ccc(NC(=O)c2cnc(Cl)c(Cl)c2)cc1. The number of rotatable bonds is 5. The normalized spacial score (nSPS) is 10.5. The molecule has 2 aromatic rings. The fourth-order valence-corrected chi connectivity index (χ4v) is 2.24. The summed E-state index contributed by atoms with van der Waals surface area (Å²) < 4.78 is 0. The standard InChI is InChI=1S/C17H17Cl2N3O2/c1-10(2)7-15(23)21-12-3-5-13(6-4-12)22-17(24)11-8-14(18)16(19)20-9-11/h3-6,8-10H,7H2,1-2H3,(H,21,23)(H,22,24). The van der Waals surface area contributed by atoms with Crippen LogP contribution < -0.4 is 10.6 Å². The fourth-order valence-electron chi connectivity index (χ4n) is 1.97. The van der Waals surface area contributed by atoms with E-state index in [-0.39, 0.29) is 22.0 Å². The van der Waals surface area contributed by atoms with E-state index < -0.39 is 0 Å². The minimum atomic E-state index is -0.349. The summed E-state index contributed by atoms with van der Waals surface area (Å²) in [4.78, 5) is 27.7. The number of benzene rings is 1. The third-order valence-corrected chi connectivity index (χ3v) is 3.76. The Hall–Kier alpha value is -2.11. The lowest BCUT2D eigenvalue weighted by Crippen LogP contribution is -2.14. The third kappa shape index (κ3) is 5.22. The highest BCUT2D eigenvalue weighted by molar-refractivity contribution is 6.41. The fraction of sp³-hybridized carbons (Fsp3) is 0.235. The summed E-state index contributed by atoms with van der Waals surface area (Å²) in [5.41, 5.74) is 1.57. The number of aromatic nitrogens is 1. The molecule has 0 unspecified atom stereocenters. The van der Waals surface area contributed by atoms with E-state index in [1.165, 1.54) is 12.3 Å². The molecule has 0 aliphatic carbocycles. The summed E-state index contributed by atoms with van der Waals surface area (Å²) >= 11 is 11.6. The first-order valence-corrected chi connectivity index (χ1v) is 8.13. The van der Waals surface area contributed by atoms with Crippen molar-refractivity contribution in [3.63, 3.8) is 0 Å². The Balaban J connectivity index is 1.99. The predicted molar refractivity (Wildman–Crippen MR) is 96.7 cm³/mol. The van der Waals surface area contributed by atoms with Crippen molar-refractivity contribution in [2.24, 2.45) is 5.92 Å². The van der Waals surface area contributed by atoms with Gasteiger partial charge in [-0.1, -0.05) is 37.0 Å². The van der Waals surface area contributed by atoms with Crippen LogP contribution in [0.3, 0.4) is 0 Å². The highest BCUT2D eigenvalue weighted by Crippen LogP contribution is 2.21. The summed E-state index contributed by atoms with van der Waals surface area (Å²) in [6.07, 6.45) is 1.81. The van der Waals surface area contributed by atoms with Crippen LogP contribution in [0.15, 0.2) is 36.5 Å². The van der Waals surface area contributed by atoms with E-state index in [9.17, 15) is 9.59 Å². The highest BCUT2D eigenvalue weighted by Gasteiger charge is 2.10. The van der Waals surface area contributed by atoms with Gasteiger partial charge in [0.1, 0.15) is 5.15 Å². The molecule has 5 nitrogen and oxygen atoms in total. The van der Waals surface area contributed by atoms with Crippen LogP contribution in [0.4, 0.5) is 11.4 Å². The topological polar surface area (TPSA) is 71.1 Å². The molecule has 126 valence electrons. The first-order valence-electron chi connectivity index (χ1n) is 7.37. The van der Waals surface area contributed by atoms with Crippen LogP contribution in [0.25, 0.3) is 0 Å². The number of anilines is 2. The van der Waals surface area contributed by atoms with Gasteiger partial charge in [-0.05, 0) is 36.2 Å². The van der Waals surface area contributed by atoms with Crippen LogP contribution in [0.2, 0.25) is 10.2 Å². The molecule has 1 heterocycles. The molecule has 1 aromatic carbocycles. The van der Waals surface area contributed by atoms with Gasteiger partial charge in [0, 0.05) is 24.0 Å². The van der Waals surface area contributed by atoms with Crippen molar-refractivity contribution < 1.29 is 9.59 Å². The second-order valence-corrected chi connectivity index (χ2v) is 6.44. The van der Waals surface area contributed by atoms with Gasteiger partial charge in [0.25, 0.3) is 5.91 Å². The molecular formula is C17H17Cl2N3O2. The molecule has 2 amide bonds. The third-order valence-electron chi connectivity index (χ3n) is 3.08. The largest absolute Gasteiger partial charge is 0.326 e. The average molecular weight is 366 g/mol. The summed E-state index contributed by atoms with van der Waals surface area (Å²) in [5.74, 6) is -0.0929. The maximum Gasteiger partial charge on any atom is 0.257 e. The quantitative estimate of drug-likeness (QED) is 0.759. The molecular weight excluding hydrogens is 349 g/mol. The van der Waals surface area contributed by atoms with Gasteiger partial charge in [0.05, 0.1) is 10.6 Å². The number of hydrogen-bond acceptors (Lipinski definition) is 3. The number of carbonyl (C=O) groups excluding carboxylic acids is 2. The van der Waals surface area contributed by atoms with Crippen molar-refractivity contribution in [1.82, 2.24) is 4.98 Å². The van der Waals surface area contributed by atoms with Gasteiger partial charge in [0.2, 0.25) is 5.91 Å². The molecule has 2 rings (SSSR count). The first kappa shape index (κ1) is 18.2. The number of hydrogen-bond donors (Lipinski definition) is 2. The van der Waals surface area contributed by atoms with Crippen LogP contribution >= 0.6 is 23.2 Å². The smallest absolute Gasteiger partial charge is 0.257 e. The lowest BCUT2D eigenvalue weighted by Gasteiger charge is -2.09. The number of pyridine rings is 1. The maximum atomic E-state index is 12.1. The molecule has 1 aromatic heterocycles. The zero-order valence-electron chi connectivity index (χ0n) is 13.3. The van der Waals surface area contributed by atoms with E-state index in [0.717, 1.165) is 0 Å². The van der Waals surface area contributed by atoms with Crippen LogP contribution in [0.1, 0.15) is 30.6 Å². The molecule has 2 N–H and O–H groups in total. The maximum absolute atomic E-state index is 12.1. The Labute approximate surface area is 150 Å². The Morgan fingerprint density at radius 2 is 1.67 bits per heavy atom. The molecule has 0 saturated heterocycles. The van der Waals surface area contributed by atoms with Crippen molar-refractivity contribution in [1.29, 1.82) is 0 Å². The zero-order valence-corrected chi connectivity index (χ0v) is 14.8. The number of nitrogens with one attached hydrogen (secondary N) is 2. The molecule has 0 saturated carbocycles. The molecule has 0 radical (unpaired) electrons. The second-order valence-electron chi connectivity index (χ2n) is 5.67. The van der Waals surface area contributed by atoms with E-state index in [2.05, 4.69) is 15.6 Å². The average Bonchev–Trinajstić information content (AvgIpc) is 2.51. The Kier molecular flexibility index (Phi) is 6.17. The molecule has 7 heteroatoms. The van der Waals surface area contributed by atoms with Gasteiger partial charge in [-0.3, -0.25) is 9.59 Å². The van der Waals surface area contributed by atoms with Crippen molar-refractivity contribution in [2.75, 3.05) is 10.6 Å². The first-order chi connectivity index (χ1) is 11.3. The molecule has 0 aliphatic rings. The highest BCUT2D eigenvalue weighted by atomic mass is 35.5. The minimum Gasteiger partial charge on any atom is -0.326 e. The summed E-state index contributed by atoms with van der Waals surface area (Å²) in [5, 5.41) is 5.89. The van der Waals surface area contributed by atoms with Crippen molar-refractivity contribution in [3.05, 3.63) is 52.3 Å². The van der Waals surface area contributed by atoms with Gasteiger partial charge < -0.3 is 10.6 Å². The summed E-state index contributed by atoms with van der Waals surface area (Å²) in [7, 11) is 0. The van der Waals surface area contributed by atoms with Gasteiger partial charge in [0.15, 0.2) is 0 Å². The van der Waals surface area contributed by atoms with Crippen LogP contribution in [0, 0.1) is 5.92 Å². The molecule has 0 atom stereocenters. The molecule has 0 aliphatic heterocycles. The number of nitrogens with zero attached hydrogens (tertiary/aromatic N) is 1. The van der Waals surface area contributed by atoms with E-state index in [1.54, 1.807) is 24.3 Å². The molecule has 24 heavy (non-hydrogen) atoms. The molecule has 0 bridgehead atoms. The van der Waals surface area contributed by atoms with E-state index >= 15 is 0 Å². The summed E-state index contributed by atoms with van der Waals surface area (Å²) in [6.45, 7) is 3.96. The van der Waals surface area contributed by atoms with Crippen molar-refractivity contribution in [3.8, 4) is 0 Å². The number of amides is 2. The van der Waals surface area contributed by atoms with Crippen molar-refractivity contribution >= 4 is 46.4 Å². The van der Waals surface area contributed by atoms with E-state index in [1.807, 2.05) is 13.8 Å². The number of halogens is 2. The van der Waals surface area contributed by atoms with E-state index in [4.69, 9.17) is 23.2 Å². The van der Waals surface area contributed by atoms with Gasteiger partial charge in [-0.25, -0.2) is 4.98 Å². The van der Waals surface area contributed by atoms with Crippen molar-refractivity contribution in [2.45, 2.75) is 20.3 Å². The Morgan fingerprint density at radius 3 is 2.21 bits per heavy atom. The monoisotopic (exact) mass is 365 g/mol. The predicted octanol–water partition coefficient (Wildman–Crippen LogP) is 4.63. The van der Waals surface area contributed by atoms with Crippen LogP contribution in [-0.4, -0.2) is 16.8 Å². The van der Waals surface area contributed by atoms with Gasteiger partial charge >= 0.3 is 0 Å². The zero-order chi connectivity index (χ0) is 17.7. The van der Waals surface area contributed by atoms with Gasteiger partial charge in [-0.15, -0.1) is 0 Å². The van der Waals surface area contributed by atoms with Crippen LogP contribution in [0.5, 0.6) is 0 Å². The lowest BCUT2D eigenvalue weighted by atomic mass is 10.1. The minimum absolute atomic E-state index is 0.0383. The molecule has 0 spiro atoms. The summed E-state index contributed by atoms with van der Waals surface area (Å²) in [6, 6.07) is 8.30. The van der Waals surface area contributed by atoms with Gasteiger partial charge in [-0.2, -0.15) is 0 Å². The molecule has 0 fully saturated rings. The second kappa shape index (κ2) is 8.13. The Bertz CT molecular complexity index is 746. The lowest BCUT2D eigenvalue weighted by molar-refractivity contribution is -0.116. The number of carbonyl (C=O) groups is 2.